The van der Waals surface area contributed by atoms with Crippen molar-refractivity contribution in [1.29, 1.82) is 0 Å². The summed E-state index contributed by atoms with van der Waals surface area (Å²) in [6.07, 6.45) is 2.56. The Morgan fingerprint density at radius 3 is 2.70 bits per heavy atom. The van der Waals surface area contributed by atoms with Gasteiger partial charge in [-0.1, -0.05) is 13.3 Å². The molecule has 2 N–H and O–H groups in total. The van der Waals surface area contributed by atoms with Crippen molar-refractivity contribution in [3.8, 4) is 0 Å². The minimum absolute atomic E-state index is 0.0941. The van der Waals surface area contributed by atoms with E-state index in [-0.39, 0.29) is 18.2 Å². The van der Waals surface area contributed by atoms with Gasteiger partial charge in [-0.05, 0) is 37.3 Å². The van der Waals surface area contributed by atoms with Crippen LogP contribution in [0.15, 0.2) is 12.1 Å². The van der Waals surface area contributed by atoms with Crippen LogP contribution in [0.1, 0.15) is 31.7 Å². The van der Waals surface area contributed by atoms with Crippen LogP contribution in [0.5, 0.6) is 0 Å². The van der Waals surface area contributed by atoms with E-state index in [4.69, 9.17) is 5.11 Å². The summed E-state index contributed by atoms with van der Waals surface area (Å²) in [5, 5.41) is 23.0. The second kappa shape index (κ2) is 7.79. The Hall–Kier alpha value is -1.69. The number of halogens is 1. The van der Waals surface area contributed by atoms with Gasteiger partial charge < -0.3 is 10.4 Å². The predicted octanol–water partition coefficient (Wildman–Crippen LogP) is 3.25. The number of aliphatic hydroxyl groups is 1. The maximum Gasteiger partial charge on any atom is 0.295 e. The molecule has 112 valence electrons. The summed E-state index contributed by atoms with van der Waals surface area (Å²) in [7, 11) is 0. The summed E-state index contributed by atoms with van der Waals surface area (Å²) in [4.78, 5) is 10.3. The number of nitrogens with zero attached hydrogens (tertiary/aromatic N) is 1. The van der Waals surface area contributed by atoms with E-state index < -0.39 is 10.7 Å². The summed E-state index contributed by atoms with van der Waals surface area (Å²) in [6, 6.07) is 2.40. The van der Waals surface area contributed by atoms with Gasteiger partial charge in [0.1, 0.15) is 11.5 Å². The van der Waals surface area contributed by atoms with Crippen LogP contribution in [0, 0.1) is 28.8 Å². The second-order valence-corrected chi connectivity index (χ2v) is 4.92. The van der Waals surface area contributed by atoms with Crippen molar-refractivity contribution < 1.29 is 14.4 Å². The van der Waals surface area contributed by atoms with Gasteiger partial charge in [0.2, 0.25) is 0 Å². The van der Waals surface area contributed by atoms with Crippen LogP contribution in [-0.4, -0.2) is 23.2 Å². The van der Waals surface area contributed by atoms with E-state index in [0.717, 1.165) is 18.9 Å². The average molecular weight is 284 g/mol. The molecule has 0 fully saturated rings. The fourth-order valence-corrected chi connectivity index (χ4v) is 2.16. The topological polar surface area (TPSA) is 75.4 Å². The minimum atomic E-state index is -0.592. The third kappa shape index (κ3) is 4.45. The van der Waals surface area contributed by atoms with Crippen LogP contribution in [0.4, 0.5) is 15.8 Å². The zero-order chi connectivity index (χ0) is 15.1. The predicted molar refractivity (Wildman–Crippen MR) is 76.4 cm³/mol. The number of benzene rings is 1. The Labute approximate surface area is 118 Å². The third-order valence-corrected chi connectivity index (χ3v) is 3.29. The lowest BCUT2D eigenvalue weighted by atomic mass is 10.00. The van der Waals surface area contributed by atoms with Crippen molar-refractivity contribution in [2.45, 2.75) is 33.1 Å². The number of nitrogens with one attached hydrogen (secondary N) is 1. The average Bonchev–Trinajstić information content (AvgIpc) is 2.39. The number of hydrogen-bond acceptors (Lipinski definition) is 4. The van der Waals surface area contributed by atoms with Gasteiger partial charge in [-0.25, -0.2) is 4.39 Å². The Bertz CT molecular complexity index is 460. The number of hydrogen-bond donors (Lipinski definition) is 2. The molecule has 0 aliphatic carbocycles. The monoisotopic (exact) mass is 284 g/mol. The molecule has 0 aliphatic rings. The lowest BCUT2D eigenvalue weighted by Gasteiger charge is -2.17. The molecule has 5 nitrogen and oxygen atoms in total. The van der Waals surface area contributed by atoms with Gasteiger partial charge in [0.25, 0.3) is 5.69 Å². The normalized spacial score (nSPS) is 12.2. The summed E-state index contributed by atoms with van der Waals surface area (Å²) >= 11 is 0. The maximum atomic E-state index is 13.4. The Kier molecular flexibility index (Phi) is 6.38. The number of nitro groups is 1. The Morgan fingerprint density at radius 1 is 1.45 bits per heavy atom. The Balaban J connectivity index is 2.85. The molecule has 0 aliphatic heterocycles. The van der Waals surface area contributed by atoms with Crippen LogP contribution >= 0.6 is 0 Å². The second-order valence-electron chi connectivity index (χ2n) is 4.92. The van der Waals surface area contributed by atoms with Gasteiger partial charge in [-0.15, -0.1) is 0 Å². The first-order chi connectivity index (χ1) is 9.49. The van der Waals surface area contributed by atoms with Crippen molar-refractivity contribution in [2.75, 3.05) is 18.5 Å². The summed E-state index contributed by atoms with van der Waals surface area (Å²) in [5.41, 5.74) is 0.438. The van der Waals surface area contributed by atoms with Gasteiger partial charge in [0.15, 0.2) is 0 Å². The van der Waals surface area contributed by atoms with Crippen LogP contribution in [0.2, 0.25) is 0 Å². The van der Waals surface area contributed by atoms with E-state index in [0.29, 0.717) is 24.2 Å². The van der Waals surface area contributed by atoms with Gasteiger partial charge in [-0.3, -0.25) is 10.1 Å². The quantitative estimate of drug-likeness (QED) is 0.567. The lowest BCUT2D eigenvalue weighted by Crippen LogP contribution is -2.16. The molecule has 0 saturated carbocycles. The highest BCUT2D eigenvalue weighted by atomic mass is 19.1. The highest BCUT2D eigenvalue weighted by Crippen LogP contribution is 2.28. The third-order valence-electron chi connectivity index (χ3n) is 3.29. The van der Waals surface area contributed by atoms with E-state index >= 15 is 0 Å². The van der Waals surface area contributed by atoms with Crippen molar-refractivity contribution in [3.63, 3.8) is 0 Å². The van der Waals surface area contributed by atoms with Crippen molar-refractivity contribution >= 4 is 11.4 Å². The van der Waals surface area contributed by atoms with Crippen LogP contribution < -0.4 is 5.32 Å². The molecule has 0 saturated heterocycles. The largest absolute Gasteiger partial charge is 0.396 e. The first-order valence-corrected chi connectivity index (χ1v) is 6.78. The molecule has 6 heteroatoms. The van der Waals surface area contributed by atoms with Gasteiger partial charge in [-0.2, -0.15) is 0 Å². The minimum Gasteiger partial charge on any atom is -0.396 e. The standard InChI is InChI=1S/C14H21FN2O3/c1-3-4-11(5-6-18)9-16-13-7-10(2)12(15)8-14(13)17(19)20/h7-8,11,16,18H,3-6,9H2,1-2H3. The molecule has 0 spiro atoms. The molecule has 20 heavy (non-hydrogen) atoms. The van der Waals surface area contributed by atoms with Crippen molar-refractivity contribution in [1.82, 2.24) is 0 Å². The molecule has 0 heterocycles. The SMILES string of the molecule is CCCC(CCO)CNc1cc(C)c(F)cc1[N+](=O)[O-]. The summed E-state index contributed by atoms with van der Waals surface area (Å²) in [6.45, 7) is 4.24. The highest BCUT2D eigenvalue weighted by molar-refractivity contribution is 5.63. The number of aliphatic hydroxyl groups excluding tert-OH is 1. The molecular formula is C14H21FN2O3. The molecule has 1 rings (SSSR count). The zero-order valence-corrected chi connectivity index (χ0v) is 11.9. The zero-order valence-electron chi connectivity index (χ0n) is 11.9. The number of rotatable bonds is 8. The maximum absolute atomic E-state index is 13.4. The molecule has 1 aromatic rings. The fraction of sp³-hybridized carbons (Fsp3) is 0.571. The molecule has 0 radical (unpaired) electrons. The van der Waals surface area contributed by atoms with Gasteiger partial charge in [0, 0.05) is 13.2 Å². The molecule has 0 amide bonds. The van der Waals surface area contributed by atoms with Crippen molar-refractivity contribution in [3.05, 3.63) is 33.6 Å². The summed E-state index contributed by atoms with van der Waals surface area (Å²) in [5.74, 6) is -0.335. The van der Waals surface area contributed by atoms with Gasteiger partial charge >= 0.3 is 0 Å². The highest BCUT2D eigenvalue weighted by Gasteiger charge is 2.18. The molecule has 0 aromatic heterocycles. The van der Waals surface area contributed by atoms with Gasteiger partial charge in [0.05, 0.1) is 11.0 Å². The first-order valence-electron chi connectivity index (χ1n) is 6.78. The molecule has 1 atom stereocenters. The number of anilines is 1. The molecule has 1 aromatic carbocycles. The van der Waals surface area contributed by atoms with E-state index in [2.05, 4.69) is 12.2 Å². The lowest BCUT2D eigenvalue weighted by molar-refractivity contribution is -0.384. The molecular weight excluding hydrogens is 263 g/mol. The first kappa shape index (κ1) is 16.4. The van der Waals surface area contributed by atoms with E-state index in [9.17, 15) is 14.5 Å². The van der Waals surface area contributed by atoms with Crippen LogP contribution in [0.25, 0.3) is 0 Å². The van der Waals surface area contributed by atoms with E-state index in [1.165, 1.54) is 6.07 Å². The fourth-order valence-electron chi connectivity index (χ4n) is 2.16. The number of aryl methyl sites for hydroxylation is 1. The van der Waals surface area contributed by atoms with E-state index in [1.54, 1.807) is 6.92 Å². The van der Waals surface area contributed by atoms with Crippen LogP contribution in [0.3, 0.4) is 0 Å². The van der Waals surface area contributed by atoms with Crippen LogP contribution in [-0.2, 0) is 0 Å². The number of nitro benzene ring substituents is 1. The molecule has 1 unspecified atom stereocenters. The molecule has 0 bridgehead atoms. The summed E-state index contributed by atoms with van der Waals surface area (Å²) < 4.78 is 13.4. The van der Waals surface area contributed by atoms with E-state index in [1.807, 2.05) is 0 Å². The van der Waals surface area contributed by atoms with Crippen molar-refractivity contribution in [2.24, 2.45) is 5.92 Å². The smallest absolute Gasteiger partial charge is 0.295 e. The Morgan fingerprint density at radius 2 is 2.15 bits per heavy atom.